The van der Waals surface area contributed by atoms with Gasteiger partial charge in [-0.3, -0.25) is 19.7 Å². The van der Waals surface area contributed by atoms with Gasteiger partial charge in [0.25, 0.3) is 0 Å². The quantitative estimate of drug-likeness (QED) is 0.799. The van der Waals surface area contributed by atoms with Crippen molar-refractivity contribution >= 4 is 17.9 Å². The van der Waals surface area contributed by atoms with Crippen molar-refractivity contribution in [3.63, 3.8) is 0 Å². The van der Waals surface area contributed by atoms with Crippen LogP contribution in [0.4, 0.5) is 0 Å². The molecule has 0 aromatic carbocycles. The van der Waals surface area contributed by atoms with Crippen molar-refractivity contribution in [1.29, 1.82) is 0 Å². The highest BCUT2D eigenvalue weighted by molar-refractivity contribution is 6.16. The monoisotopic (exact) mass is 317 g/mol. The van der Waals surface area contributed by atoms with Crippen LogP contribution >= 0.6 is 0 Å². The lowest BCUT2D eigenvalue weighted by Gasteiger charge is -2.34. The molecule has 4 heteroatoms. The van der Waals surface area contributed by atoms with Crippen LogP contribution in [0.25, 0.3) is 12.2 Å². The summed E-state index contributed by atoms with van der Waals surface area (Å²) in [4.78, 5) is 23.8. The highest BCUT2D eigenvalue weighted by atomic mass is 16.1. The first kappa shape index (κ1) is 15.0. The summed E-state index contributed by atoms with van der Waals surface area (Å²) in [5.41, 5.74) is 3.68. The number of hydrogen-bond donors (Lipinski definition) is 0. The minimum absolute atomic E-state index is 0.160. The Labute approximate surface area is 141 Å². The highest BCUT2D eigenvalue weighted by Crippen LogP contribution is 2.40. The molecular formula is C20H19N3O. The van der Waals surface area contributed by atoms with E-state index in [4.69, 9.17) is 0 Å². The Morgan fingerprint density at radius 1 is 0.958 bits per heavy atom. The summed E-state index contributed by atoms with van der Waals surface area (Å²) in [7, 11) is 2.11. The molecule has 0 aliphatic carbocycles. The van der Waals surface area contributed by atoms with Crippen molar-refractivity contribution in [2.75, 3.05) is 7.05 Å². The Balaban J connectivity index is 1.78. The van der Waals surface area contributed by atoms with Crippen molar-refractivity contribution in [3.8, 4) is 0 Å². The lowest BCUT2D eigenvalue weighted by atomic mass is 9.89. The van der Waals surface area contributed by atoms with Crippen molar-refractivity contribution in [2.45, 2.75) is 24.9 Å². The fourth-order valence-electron chi connectivity index (χ4n) is 3.76. The average Bonchev–Trinajstić information content (AvgIpc) is 2.93. The molecule has 4 heterocycles. The molecule has 4 nitrogen and oxygen atoms in total. The van der Waals surface area contributed by atoms with E-state index in [-0.39, 0.29) is 17.9 Å². The van der Waals surface area contributed by atoms with Gasteiger partial charge in [0.05, 0.1) is 0 Å². The van der Waals surface area contributed by atoms with Crippen LogP contribution in [0.2, 0.25) is 0 Å². The number of piperidine rings is 1. The maximum Gasteiger partial charge on any atom is 0.188 e. The molecule has 2 unspecified atom stereocenters. The number of carbonyl (C=O) groups excluding carboxylic acids is 1. The molecule has 2 bridgehead atoms. The largest absolute Gasteiger partial charge is 0.292 e. The van der Waals surface area contributed by atoms with E-state index >= 15 is 0 Å². The van der Waals surface area contributed by atoms with Gasteiger partial charge in [-0.05, 0) is 55.3 Å². The van der Waals surface area contributed by atoms with E-state index < -0.39 is 0 Å². The van der Waals surface area contributed by atoms with Crippen LogP contribution in [0.5, 0.6) is 0 Å². The summed E-state index contributed by atoms with van der Waals surface area (Å²) in [6, 6.07) is 8.17. The van der Waals surface area contributed by atoms with Gasteiger partial charge < -0.3 is 0 Å². The molecule has 0 amide bonds. The van der Waals surface area contributed by atoms with Gasteiger partial charge in [0.1, 0.15) is 0 Å². The lowest BCUT2D eigenvalue weighted by molar-refractivity contribution is -0.114. The number of ketones is 1. The fraction of sp³-hybridized carbons (Fsp3) is 0.250. The standard InChI is InChI=1S/C20H19N3O/c1-23-18-6-7-19(23)17(11-15-5-3-9-22-13-15)20(24)16(18)10-14-4-2-8-21-12-14/h2-5,8-13,18-19H,6-7H2,1H3/b16-10+,17-11+. The summed E-state index contributed by atoms with van der Waals surface area (Å²) >= 11 is 0. The van der Waals surface area contributed by atoms with E-state index in [1.54, 1.807) is 24.8 Å². The second kappa shape index (κ2) is 6.13. The molecule has 0 spiro atoms. The van der Waals surface area contributed by atoms with Crippen molar-refractivity contribution in [3.05, 3.63) is 71.3 Å². The molecule has 2 aromatic heterocycles. The Morgan fingerprint density at radius 2 is 1.46 bits per heavy atom. The normalized spacial score (nSPS) is 27.1. The third-order valence-electron chi connectivity index (χ3n) is 4.95. The first-order chi connectivity index (χ1) is 11.7. The first-order valence-electron chi connectivity index (χ1n) is 8.24. The zero-order valence-electron chi connectivity index (χ0n) is 13.6. The van der Waals surface area contributed by atoms with Crippen LogP contribution in [0.1, 0.15) is 24.0 Å². The smallest absolute Gasteiger partial charge is 0.188 e. The number of carbonyl (C=O) groups is 1. The van der Waals surface area contributed by atoms with Gasteiger partial charge in [-0.15, -0.1) is 0 Å². The van der Waals surface area contributed by atoms with E-state index in [2.05, 4.69) is 21.9 Å². The number of aromatic nitrogens is 2. The third-order valence-corrected chi connectivity index (χ3v) is 4.95. The van der Waals surface area contributed by atoms with Crippen LogP contribution in [0, 0.1) is 0 Å². The Bertz CT molecular complexity index is 744. The van der Waals surface area contributed by atoms with Gasteiger partial charge in [-0.25, -0.2) is 0 Å². The Hall–Kier alpha value is -2.59. The minimum atomic E-state index is 0.160. The number of pyridine rings is 2. The average molecular weight is 317 g/mol. The SMILES string of the molecule is CN1C2CCC1/C(=C\c1cccnc1)C(=O)/C2=C/c1cccnc1. The fourth-order valence-corrected chi connectivity index (χ4v) is 3.76. The molecule has 2 aromatic rings. The highest BCUT2D eigenvalue weighted by Gasteiger charge is 2.44. The summed E-state index contributed by atoms with van der Waals surface area (Å²) in [6.07, 6.45) is 13.1. The molecule has 0 radical (unpaired) electrons. The number of nitrogens with zero attached hydrogens (tertiary/aromatic N) is 3. The molecular weight excluding hydrogens is 298 g/mol. The molecule has 24 heavy (non-hydrogen) atoms. The summed E-state index contributed by atoms with van der Waals surface area (Å²) in [6.45, 7) is 0. The van der Waals surface area contributed by atoms with Crippen molar-refractivity contribution in [1.82, 2.24) is 14.9 Å². The maximum absolute atomic E-state index is 13.1. The second-order valence-electron chi connectivity index (χ2n) is 6.38. The first-order valence-corrected chi connectivity index (χ1v) is 8.24. The molecule has 2 saturated heterocycles. The maximum atomic E-state index is 13.1. The molecule has 2 aliphatic rings. The Morgan fingerprint density at radius 3 is 1.88 bits per heavy atom. The van der Waals surface area contributed by atoms with E-state index in [1.165, 1.54) is 0 Å². The lowest BCUT2D eigenvalue weighted by Crippen LogP contribution is -2.43. The zero-order chi connectivity index (χ0) is 16.5. The number of fused-ring (bicyclic) bond motifs is 2. The zero-order valence-corrected chi connectivity index (χ0v) is 13.6. The van der Waals surface area contributed by atoms with Crippen molar-refractivity contribution in [2.24, 2.45) is 0 Å². The predicted molar refractivity (Wildman–Crippen MR) is 94.0 cm³/mol. The third kappa shape index (κ3) is 2.59. The summed E-state index contributed by atoms with van der Waals surface area (Å²) in [5, 5.41) is 0. The van der Waals surface area contributed by atoms with Crippen molar-refractivity contribution < 1.29 is 4.79 Å². The van der Waals surface area contributed by atoms with Crippen LogP contribution in [-0.4, -0.2) is 39.8 Å². The molecule has 2 atom stereocenters. The molecule has 120 valence electrons. The van der Waals surface area contributed by atoms with Gasteiger partial charge in [0, 0.05) is 48.0 Å². The second-order valence-corrected chi connectivity index (χ2v) is 6.38. The summed E-state index contributed by atoms with van der Waals surface area (Å²) in [5.74, 6) is 0.160. The van der Waals surface area contributed by atoms with Gasteiger partial charge in [0.15, 0.2) is 5.78 Å². The van der Waals surface area contributed by atoms with Gasteiger partial charge in [0.2, 0.25) is 0 Å². The molecule has 4 rings (SSSR count). The van der Waals surface area contributed by atoms with E-state index in [0.29, 0.717) is 0 Å². The van der Waals surface area contributed by atoms with Gasteiger partial charge in [-0.1, -0.05) is 12.1 Å². The van der Waals surface area contributed by atoms with Gasteiger partial charge in [-0.2, -0.15) is 0 Å². The van der Waals surface area contributed by atoms with E-state index in [9.17, 15) is 4.79 Å². The van der Waals surface area contributed by atoms with E-state index in [0.717, 1.165) is 35.1 Å². The van der Waals surface area contributed by atoms with E-state index in [1.807, 2.05) is 36.4 Å². The number of rotatable bonds is 2. The van der Waals surface area contributed by atoms with Crippen LogP contribution in [-0.2, 0) is 4.79 Å². The molecule has 0 saturated carbocycles. The predicted octanol–water partition coefficient (Wildman–Crippen LogP) is 2.99. The number of likely N-dealkylation sites (N-methyl/N-ethyl adjacent to an activating group) is 1. The van der Waals surface area contributed by atoms with Gasteiger partial charge >= 0.3 is 0 Å². The number of hydrogen-bond acceptors (Lipinski definition) is 4. The van der Waals surface area contributed by atoms with Crippen LogP contribution in [0.3, 0.4) is 0 Å². The topological polar surface area (TPSA) is 46.1 Å². The number of Topliss-reactive ketones (excluding diaryl/α,β-unsaturated/α-hetero) is 1. The summed E-state index contributed by atoms with van der Waals surface area (Å²) < 4.78 is 0. The molecule has 0 N–H and O–H groups in total. The molecule has 2 aliphatic heterocycles. The van der Waals surface area contributed by atoms with Crippen LogP contribution in [0.15, 0.2) is 60.2 Å². The molecule has 2 fully saturated rings. The minimum Gasteiger partial charge on any atom is -0.292 e. The van der Waals surface area contributed by atoms with Crippen LogP contribution < -0.4 is 0 Å². The Kier molecular flexibility index (Phi) is 3.82.